The van der Waals surface area contributed by atoms with E-state index in [2.05, 4.69) is 20.5 Å². The Morgan fingerprint density at radius 2 is 1.86 bits per heavy atom. The van der Waals surface area contributed by atoms with E-state index in [-0.39, 0.29) is 11.9 Å². The minimum atomic E-state index is -0.225. The zero-order valence-corrected chi connectivity index (χ0v) is 15.5. The van der Waals surface area contributed by atoms with Gasteiger partial charge in [-0.3, -0.25) is 15.3 Å². The summed E-state index contributed by atoms with van der Waals surface area (Å²) in [6.07, 6.45) is 3.24. The Morgan fingerprint density at radius 1 is 1.10 bits per heavy atom. The molecule has 0 bridgehead atoms. The van der Waals surface area contributed by atoms with Crippen molar-refractivity contribution in [2.75, 3.05) is 10.2 Å². The number of rotatable bonds is 5. The van der Waals surface area contributed by atoms with Crippen molar-refractivity contribution in [1.29, 1.82) is 5.41 Å². The summed E-state index contributed by atoms with van der Waals surface area (Å²) in [5, 5.41) is 18.2. The van der Waals surface area contributed by atoms with Crippen molar-refractivity contribution in [3.05, 3.63) is 84.2 Å². The highest BCUT2D eigenvalue weighted by Crippen LogP contribution is 2.20. The van der Waals surface area contributed by atoms with Crippen LogP contribution in [-0.4, -0.2) is 27.0 Å². The van der Waals surface area contributed by atoms with Crippen molar-refractivity contribution < 1.29 is 4.79 Å². The largest absolute Gasteiger partial charge is 0.370 e. The van der Waals surface area contributed by atoms with Crippen LogP contribution in [0.2, 0.25) is 0 Å². The van der Waals surface area contributed by atoms with Crippen molar-refractivity contribution in [3.8, 4) is 0 Å². The topological polar surface area (TPSA) is 124 Å². The first-order valence-electron chi connectivity index (χ1n) is 8.97. The van der Waals surface area contributed by atoms with E-state index in [0.29, 0.717) is 23.4 Å². The Labute approximate surface area is 166 Å². The fourth-order valence-electron chi connectivity index (χ4n) is 3.02. The van der Waals surface area contributed by atoms with Crippen LogP contribution < -0.4 is 16.0 Å². The number of pyridine rings is 1. The SMILES string of the molecule is N=C(N)N(Cc1ccc(C(=O)Nc2ccnc3[nH]ncc23)cc1)c1ccccc1. The fourth-order valence-corrected chi connectivity index (χ4v) is 3.02. The molecule has 0 spiro atoms. The van der Waals surface area contributed by atoms with E-state index in [4.69, 9.17) is 11.1 Å². The number of fused-ring (bicyclic) bond motifs is 1. The second kappa shape index (κ2) is 7.81. The smallest absolute Gasteiger partial charge is 0.255 e. The van der Waals surface area contributed by atoms with Gasteiger partial charge in [-0.2, -0.15) is 5.10 Å². The van der Waals surface area contributed by atoms with Crippen LogP contribution >= 0.6 is 0 Å². The van der Waals surface area contributed by atoms with Crippen LogP contribution in [0.15, 0.2) is 73.1 Å². The van der Waals surface area contributed by atoms with Gasteiger partial charge in [-0.1, -0.05) is 30.3 Å². The average molecular weight is 385 g/mol. The molecule has 0 fully saturated rings. The van der Waals surface area contributed by atoms with Gasteiger partial charge in [0.05, 0.1) is 23.8 Å². The van der Waals surface area contributed by atoms with E-state index in [1.54, 1.807) is 35.5 Å². The molecule has 8 heteroatoms. The number of aromatic nitrogens is 3. The number of nitrogens with zero attached hydrogens (tertiary/aromatic N) is 3. The maximum Gasteiger partial charge on any atom is 0.255 e. The Bertz CT molecular complexity index is 1150. The molecule has 4 rings (SSSR count). The molecular weight excluding hydrogens is 366 g/mol. The van der Waals surface area contributed by atoms with Crippen LogP contribution in [0, 0.1) is 5.41 Å². The van der Waals surface area contributed by atoms with Crippen LogP contribution in [-0.2, 0) is 6.54 Å². The number of H-pyrrole nitrogens is 1. The molecule has 29 heavy (non-hydrogen) atoms. The Balaban J connectivity index is 1.49. The van der Waals surface area contributed by atoms with E-state index in [1.165, 1.54) is 0 Å². The maximum atomic E-state index is 12.6. The summed E-state index contributed by atoms with van der Waals surface area (Å²) in [7, 11) is 0. The summed E-state index contributed by atoms with van der Waals surface area (Å²) in [6, 6.07) is 18.4. The van der Waals surface area contributed by atoms with Gasteiger partial charge in [-0.05, 0) is 35.9 Å². The predicted molar refractivity (Wildman–Crippen MR) is 113 cm³/mol. The number of guanidine groups is 1. The molecule has 0 atom stereocenters. The third kappa shape index (κ3) is 3.91. The molecule has 0 aliphatic heterocycles. The number of para-hydroxylation sites is 1. The van der Waals surface area contributed by atoms with Crippen molar-refractivity contribution in [1.82, 2.24) is 15.2 Å². The van der Waals surface area contributed by atoms with Gasteiger partial charge in [0.25, 0.3) is 5.91 Å². The number of carbonyl (C=O) groups is 1. The number of amides is 1. The number of nitrogens with one attached hydrogen (secondary N) is 3. The van der Waals surface area contributed by atoms with Crippen LogP contribution in [0.5, 0.6) is 0 Å². The number of hydrogen-bond acceptors (Lipinski definition) is 4. The molecule has 0 saturated carbocycles. The third-order valence-corrected chi connectivity index (χ3v) is 4.52. The summed E-state index contributed by atoms with van der Waals surface area (Å²) >= 11 is 0. The lowest BCUT2D eigenvalue weighted by Crippen LogP contribution is -2.35. The average Bonchev–Trinajstić information content (AvgIpc) is 3.23. The number of carbonyl (C=O) groups excluding carboxylic acids is 1. The van der Waals surface area contributed by atoms with Gasteiger partial charge < -0.3 is 16.0 Å². The molecule has 1 amide bonds. The number of aromatic amines is 1. The molecule has 0 saturated heterocycles. The lowest BCUT2D eigenvalue weighted by Gasteiger charge is -2.22. The van der Waals surface area contributed by atoms with Gasteiger partial charge in [0, 0.05) is 17.4 Å². The van der Waals surface area contributed by atoms with Gasteiger partial charge in [0.2, 0.25) is 0 Å². The third-order valence-electron chi connectivity index (χ3n) is 4.52. The van der Waals surface area contributed by atoms with E-state index in [1.807, 2.05) is 42.5 Å². The lowest BCUT2D eigenvalue weighted by molar-refractivity contribution is 0.102. The second-order valence-corrected chi connectivity index (χ2v) is 6.45. The second-order valence-electron chi connectivity index (χ2n) is 6.45. The molecular formula is C21H19N7O. The summed E-state index contributed by atoms with van der Waals surface area (Å²) in [5.74, 6) is -0.267. The Kier molecular flexibility index (Phi) is 4.90. The van der Waals surface area contributed by atoms with Gasteiger partial charge in [0.1, 0.15) is 0 Å². The molecule has 2 aromatic heterocycles. The van der Waals surface area contributed by atoms with Gasteiger partial charge in [0.15, 0.2) is 11.6 Å². The van der Waals surface area contributed by atoms with Crippen LogP contribution in [0.3, 0.4) is 0 Å². The van der Waals surface area contributed by atoms with E-state index in [0.717, 1.165) is 16.6 Å². The Hall–Kier alpha value is -4.20. The number of hydrogen-bond donors (Lipinski definition) is 4. The van der Waals surface area contributed by atoms with E-state index in [9.17, 15) is 4.79 Å². The van der Waals surface area contributed by atoms with E-state index < -0.39 is 0 Å². The summed E-state index contributed by atoms with van der Waals surface area (Å²) in [4.78, 5) is 18.5. The minimum absolute atomic E-state index is 0.0418. The molecule has 0 aliphatic rings. The standard InChI is InChI=1S/C21H19N7O/c22-21(23)28(16-4-2-1-3-5-16)13-14-6-8-15(9-7-14)20(29)26-18-10-11-24-19-17(18)12-25-27-19/h1-12H,13H2,(H3,22,23)(H2,24,25,26,27,29). The molecule has 2 heterocycles. The summed E-state index contributed by atoms with van der Waals surface area (Å²) in [5.41, 5.74) is 9.30. The van der Waals surface area contributed by atoms with Gasteiger partial charge >= 0.3 is 0 Å². The highest BCUT2D eigenvalue weighted by atomic mass is 16.1. The molecule has 8 nitrogen and oxygen atoms in total. The summed E-state index contributed by atoms with van der Waals surface area (Å²) < 4.78 is 0. The molecule has 144 valence electrons. The molecule has 0 radical (unpaired) electrons. The highest BCUT2D eigenvalue weighted by Gasteiger charge is 2.12. The zero-order valence-electron chi connectivity index (χ0n) is 15.5. The zero-order chi connectivity index (χ0) is 20.2. The molecule has 4 aromatic rings. The van der Waals surface area contributed by atoms with Gasteiger partial charge in [-0.25, -0.2) is 4.98 Å². The van der Waals surface area contributed by atoms with E-state index >= 15 is 0 Å². The number of benzene rings is 2. The first-order valence-corrected chi connectivity index (χ1v) is 8.97. The first kappa shape index (κ1) is 18.2. The normalized spacial score (nSPS) is 10.6. The van der Waals surface area contributed by atoms with Crippen LogP contribution in [0.1, 0.15) is 15.9 Å². The monoisotopic (exact) mass is 385 g/mol. The minimum Gasteiger partial charge on any atom is -0.370 e. The molecule has 0 aliphatic carbocycles. The number of nitrogens with two attached hydrogens (primary N) is 1. The maximum absolute atomic E-state index is 12.6. The lowest BCUT2D eigenvalue weighted by atomic mass is 10.1. The first-order chi connectivity index (χ1) is 14.1. The van der Waals surface area contributed by atoms with Crippen LogP contribution in [0.25, 0.3) is 11.0 Å². The molecule has 5 N–H and O–H groups in total. The van der Waals surface area contributed by atoms with Crippen molar-refractivity contribution >= 4 is 34.3 Å². The molecule has 2 aromatic carbocycles. The molecule has 0 unspecified atom stereocenters. The fraction of sp³-hybridized carbons (Fsp3) is 0.0476. The number of anilines is 2. The summed E-state index contributed by atoms with van der Waals surface area (Å²) in [6.45, 7) is 0.432. The van der Waals surface area contributed by atoms with Crippen LogP contribution in [0.4, 0.5) is 11.4 Å². The Morgan fingerprint density at radius 3 is 2.59 bits per heavy atom. The highest BCUT2D eigenvalue weighted by molar-refractivity contribution is 6.08. The van der Waals surface area contributed by atoms with Crippen molar-refractivity contribution in [2.24, 2.45) is 5.73 Å². The van der Waals surface area contributed by atoms with Crippen molar-refractivity contribution in [2.45, 2.75) is 6.54 Å². The van der Waals surface area contributed by atoms with Crippen molar-refractivity contribution in [3.63, 3.8) is 0 Å². The quantitative estimate of drug-likeness (QED) is 0.310. The van der Waals surface area contributed by atoms with Gasteiger partial charge in [-0.15, -0.1) is 0 Å². The predicted octanol–water partition coefficient (Wildman–Crippen LogP) is 3.11.